The van der Waals surface area contributed by atoms with E-state index in [4.69, 9.17) is 74.3 Å². The molecule has 0 bridgehead atoms. The lowest BCUT2D eigenvalue weighted by Gasteiger charge is -2.11. The summed E-state index contributed by atoms with van der Waals surface area (Å²) in [5.41, 5.74) is 19.5. The number of rotatable bonds is 5. The van der Waals surface area contributed by atoms with Crippen molar-refractivity contribution in [2.45, 2.75) is 117 Å². The van der Waals surface area contributed by atoms with Gasteiger partial charge in [0.2, 0.25) is 0 Å². The summed E-state index contributed by atoms with van der Waals surface area (Å²) in [4.78, 5) is 12.1. The molecular weight excluding hydrogens is 1250 g/mol. The van der Waals surface area contributed by atoms with Crippen molar-refractivity contribution in [2.75, 3.05) is 25.6 Å². The standard InChI is InChI=1S/C10H14O.C9H13N.C9H12.C8H9NO2.2C8H10.3C7H6Cl2.C7H8/c1-3-7-11-10-6-4-5-9(2)8-10;1-8-4-6-9(7-5-8)10(2)3;1-7-4-8(2)6-9(3)5-7;1-6-3-4-7(2)8(5-6)9(10)11;1-7-3-5-8(2)6-4-7;1-7-4-3-5-8(2)6-7;1-5-2-6(8)4-7(9)3-5;1-5-2-3-6(8)7(9)4-5;1-5-6(8)3-2-4-7(5)9;1-7-5-3-2-4-6-7/h4-6,8H,3,7H2,1-2H3;4-7H,1-3H3;4-6H,1-3H3;3-5H,1-2H3;2*3-6H,1-2H3;3*2-4H,1H3;2-6H,1H3. The van der Waals surface area contributed by atoms with Crippen LogP contribution in [-0.4, -0.2) is 25.6 Å². The van der Waals surface area contributed by atoms with Crippen LogP contribution in [0.1, 0.15) is 96.8 Å². The number of nitro groups is 1. The van der Waals surface area contributed by atoms with Crippen LogP contribution in [0.2, 0.25) is 30.1 Å². The predicted molar refractivity (Wildman–Crippen MR) is 402 cm³/mol. The monoisotopic (exact) mass is 1340 g/mol. The highest BCUT2D eigenvalue weighted by molar-refractivity contribution is 6.42. The molecule has 10 rings (SSSR count). The molecule has 0 atom stereocenters. The zero-order chi connectivity index (χ0) is 68.6. The van der Waals surface area contributed by atoms with Gasteiger partial charge in [0.15, 0.2) is 0 Å². The SMILES string of the molecule is CCCOc1cccc(C)c1.Cc1c(Cl)cccc1Cl.Cc1cc(C)cc(C)c1.Cc1cc(Cl)cc(Cl)c1.Cc1ccc(C)c([N+](=O)[O-])c1.Cc1ccc(C)cc1.Cc1ccc(Cl)c(Cl)c1.Cc1ccc(N(C)C)cc1.Cc1cccc(C)c1.Cc1ccccc1. The van der Waals surface area contributed by atoms with E-state index in [1.165, 1.54) is 61.3 Å². The number of anilines is 1. The Morgan fingerprint density at radius 3 is 1.07 bits per heavy atom. The summed E-state index contributed by atoms with van der Waals surface area (Å²) in [6.45, 7) is 33.3. The van der Waals surface area contributed by atoms with Crippen molar-refractivity contribution in [3.63, 3.8) is 0 Å². The van der Waals surface area contributed by atoms with Crippen LogP contribution in [0.15, 0.2) is 218 Å². The Bertz CT molecular complexity index is 3460. The average molecular weight is 1340 g/mol. The maximum Gasteiger partial charge on any atom is 0.272 e. The van der Waals surface area contributed by atoms with Crippen LogP contribution in [0.3, 0.4) is 0 Å². The molecule has 10 aromatic carbocycles. The Morgan fingerprint density at radius 1 is 0.352 bits per heavy atom. The van der Waals surface area contributed by atoms with E-state index >= 15 is 0 Å². The molecule has 0 aromatic heterocycles. The van der Waals surface area contributed by atoms with Gasteiger partial charge in [-0.1, -0.05) is 272 Å². The fourth-order valence-electron chi connectivity index (χ4n) is 7.74. The molecule has 10 aromatic rings. The maximum absolute atomic E-state index is 10.4. The van der Waals surface area contributed by atoms with E-state index < -0.39 is 0 Å². The summed E-state index contributed by atoms with van der Waals surface area (Å²) in [7, 11) is 4.09. The van der Waals surface area contributed by atoms with Gasteiger partial charge in [0.1, 0.15) is 5.75 Å². The Morgan fingerprint density at radius 2 is 0.714 bits per heavy atom. The number of nitrogens with zero attached hydrogens (tertiary/aromatic N) is 2. The third kappa shape index (κ3) is 39.7. The lowest BCUT2D eigenvalue weighted by molar-refractivity contribution is -0.385. The lowest BCUT2D eigenvalue weighted by atomic mass is 10.1. The Hall–Kier alpha value is -7.06. The first-order chi connectivity index (χ1) is 42.9. The highest BCUT2D eigenvalue weighted by Crippen LogP contribution is 2.24. The minimum Gasteiger partial charge on any atom is -0.494 e. The maximum atomic E-state index is 10.4. The second-order valence-electron chi connectivity index (χ2n) is 22.3. The quantitative estimate of drug-likeness (QED) is 0.127. The fourth-order valence-corrected chi connectivity index (χ4v) is 9.12. The molecule has 0 aliphatic carbocycles. The molecule has 5 nitrogen and oxygen atoms in total. The molecule has 0 aliphatic rings. The van der Waals surface area contributed by atoms with E-state index in [2.05, 4.69) is 196 Å². The topological polar surface area (TPSA) is 55.6 Å². The summed E-state index contributed by atoms with van der Waals surface area (Å²) >= 11 is 34.1. The zero-order valence-corrected chi connectivity index (χ0v) is 61.1. The van der Waals surface area contributed by atoms with Crippen LogP contribution in [0.25, 0.3) is 0 Å². The molecule has 0 saturated heterocycles. The largest absolute Gasteiger partial charge is 0.494 e. The molecule has 0 radical (unpaired) electrons. The van der Waals surface area contributed by atoms with Gasteiger partial charge in [0.05, 0.1) is 21.6 Å². The van der Waals surface area contributed by atoms with E-state index in [0.717, 1.165) is 51.1 Å². The van der Waals surface area contributed by atoms with Gasteiger partial charge in [-0.3, -0.25) is 10.1 Å². The summed E-state index contributed by atoms with van der Waals surface area (Å²) in [6, 6.07) is 72.0. The van der Waals surface area contributed by atoms with E-state index in [0.29, 0.717) is 25.7 Å². The second kappa shape index (κ2) is 46.1. The molecule has 0 amide bonds. The molecular formula is C80H94Cl6N2O3. The Labute approximate surface area is 577 Å². The van der Waals surface area contributed by atoms with Gasteiger partial charge < -0.3 is 9.64 Å². The number of nitro benzene ring substituents is 1. The van der Waals surface area contributed by atoms with Crippen molar-refractivity contribution in [1.29, 1.82) is 0 Å². The van der Waals surface area contributed by atoms with Crippen molar-refractivity contribution in [2.24, 2.45) is 0 Å². The fraction of sp³-hybridized carbons (Fsp3) is 0.250. The van der Waals surface area contributed by atoms with Crippen molar-refractivity contribution >= 4 is 81.0 Å². The van der Waals surface area contributed by atoms with E-state index in [1.54, 1.807) is 31.2 Å². The van der Waals surface area contributed by atoms with Crippen LogP contribution >= 0.6 is 69.6 Å². The van der Waals surface area contributed by atoms with Gasteiger partial charge in [0.25, 0.3) is 5.69 Å². The van der Waals surface area contributed by atoms with Gasteiger partial charge >= 0.3 is 0 Å². The number of ether oxygens (including phenoxy) is 1. The highest BCUT2D eigenvalue weighted by Gasteiger charge is 2.08. The van der Waals surface area contributed by atoms with E-state index in [-0.39, 0.29) is 10.6 Å². The molecule has 91 heavy (non-hydrogen) atoms. The average Bonchev–Trinajstić information content (AvgIpc) is 3.66. The van der Waals surface area contributed by atoms with Gasteiger partial charge in [0, 0.05) is 51.5 Å². The minimum atomic E-state index is -0.359. The Balaban J connectivity index is 0.000000507. The first kappa shape index (κ1) is 82.0. The van der Waals surface area contributed by atoms with Gasteiger partial charge in [-0.2, -0.15) is 0 Å². The van der Waals surface area contributed by atoms with Crippen molar-refractivity contribution < 1.29 is 9.66 Å². The first-order valence-corrected chi connectivity index (χ1v) is 32.2. The van der Waals surface area contributed by atoms with Crippen LogP contribution < -0.4 is 9.64 Å². The van der Waals surface area contributed by atoms with E-state index in [9.17, 15) is 10.1 Å². The third-order valence-electron chi connectivity index (χ3n) is 12.6. The van der Waals surface area contributed by atoms with Crippen LogP contribution in [0, 0.1) is 114 Å². The highest BCUT2D eigenvalue weighted by atomic mass is 35.5. The summed E-state index contributed by atoms with van der Waals surface area (Å²) < 4.78 is 5.44. The van der Waals surface area contributed by atoms with Crippen LogP contribution in [-0.2, 0) is 0 Å². The molecule has 0 fully saturated rings. The molecule has 0 unspecified atom stereocenters. The van der Waals surface area contributed by atoms with Crippen molar-refractivity contribution in [3.05, 3.63) is 342 Å². The van der Waals surface area contributed by atoms with Gasteiger partial charge in [-0.05, 0) is 205 Å². The molecule has 0 saturated carbocycles. The minimum absolute atomic E-state index is 0.199. The summed E-state index contributed by atoms with van der Waals surface area (Å²) in [5.74, 6) is 0.979. The normalized spacial score (nSPS) is 9.49. The number of hydrogen-bond acceptors (Lipinski definition) is 4. The molecule has 0 aliphatic heterocycles. The van der Waals surface area contributed by atoms with Gasteiger partial charge in [-0.15, -0.1) is 0 Å². The summed E-state index contributed by atoms with van der Waals surface area (Å²) in [6.07, 6.45) is 1.06. The van der Waals surface area contributed by atoms with Crippen molar-refractivity contribution in [1.82, 2.24) is 0 Å². The number of aryl methyl sites for hydroxylation is 14. The molecule has 484 valence electrons. The molecule has 0 heterocycles. The summed E-state index contributed by atoms with van der Waals surface area (Å²) in [5, 5.41) is 14.5. The molecule has 0 N–H and O–H groups in total. The van der Waals surface area contributed by atoms with E-state index in [1.807, 2.05) is 121 Å². The second-order valence-corrected chi connectivity index (χ2v) is 24.8. The lowest BCUT2D eigenvalue weighted by Crippen LogP contribution is -2.07. The van der Waals surface area contributed by atoms with Crippen molar-refractivity contribution in [3.8, 4) is 5.75 Å². The third-order valence-corrected chi connectivity index (χ3v) is 14.6. The zero-order valence-electron chi connectivity index (χ0n) is 56.6. The first-order valence-electron chi connectivity index (χ1n) is 29.9. The van der Waals surface area contributed by atoms with Crippen LogP contribution in [0.4, 0.5) is 11.4 Å². The predicted octanol–water partition coefficient (Wildman–Crippen LogP) is 26.2. The Kier molecular flexibility index (Phi) is 41.5. The van der Waals surface area contributed by atoms with Gasteiger partial charge in [-0.25, -0.2) is 0 Å². The number of halogens is 6. The number of hydrogen-bond donors (Lipinski definition) is 0. The van der Waals surface area contributed by atoms with Crippen LogP contribution in [0.5, 0.6) is 5.75 Å². The molecule has 0 spiro atoms. The smallest absolute Gasteiger partial charge is 0.272 e. The number of benzene rings is 10. The molecule has 11 heteroatoms.